The Bertz CT molecular complexity index is 326. The third-order valence-corrected chi connectivity index (χ3v) is 5.80. The number of hydrogen-bond acceptors (Lipinski definition) is 3. The summed E-state index contributed by atoms with van der Waals surface area (Å²) in [7, 11) is 0. The fourth-order valence-electron chi connectivity index (χ4n) is 1.60. The van der Waals surface area contributed by atoms with Gasteiger partial charge in [0.15, 0.2) is 0 Å². The van der Waals surface area contributed by atoms with Crippen LogP contribution in [0.15, 0.2) is 12.7 Å². The van der Waals surface area contributed by atoms with Gasteiger partial charge in [-0.3, -0.25) is 0 Å². The molecule has 0 aliphatic rings. The van der Waals surface area contributed by atoms with E-state index in [0.29, 0.717) is 0 Å². The van der Waals surface area contributed by atoms with Crippen LogP contribution in [0.1, 0.15) is 32.6 Å². The average Bonchev–Trinajstić information content (AvgIpc) is 2.70. The number of nitrogens with two attached hydrogens (primary N) is 1. The molecule has 92 valence electrons. The van der Waals surface area contributed by atoms with E-state index in [2.05, 4.69) is 17.1 Å². The summed E-state index contributed by atoms with van der Waals surface area (Å²) in [5, 5.41) is 7.53. The van der Waals surface area contributed by atoms with E-state index < -0.39 is 6.19 Å². The summed E-state index contributed by atoms with van der Waals surface area (Å²) in [5.74, 6) is 0. The Balaban J connectivity index is 2.17. The Morgan fingerprint density at radius 2 is 1.81 bits per heavy atom. The molecule has 1 atom stereocenters. The van der Waals surface area contributed by atoms with Gasteiger partial charge in [-0.1, -0.05) is 31.6 Å². The van der Waals surface area contributed by atoms with Crippen molar-refractivity contribution in [3.8, 4) is 0 Å². The lowest BCUT2D eigenvalue weighted by Crippen LogP contribution is -2.07. The molecular formula is C10H21N4PS. The first-order valence-electron chi connectivity index (χ1n) is 5.83. The molecular weight excluding hydrogens is 239 g/mol. The van der Waals surface area contributed by atoms with Crippen LogP contribution in [0.3, 0.4) is 0 Å². The summed E-state index contributed by atoms with van der Waals surface area (Å²) < 4.78 is 1.97. The minimum atomic E-state index is -1.56. The van der Waals surface area contributed by atoms with Crippen LogP contribution in [0.4, 0.5) is 0 Å². The van der Waals surface area contributed by atoms with E-state index in [1.807, 2.05) is 4.57 Å². The number of unbranched alkanes of at least 4 members (excludes halogenated alkanes) is 2. The second-order valence-corrected chi connectivity index (χ2v) is 9.14. The molecule has 16 heavy (non-hydrogen) atoms. The Kier molecular flexibility index (Phi) is 6.17. The van der Waals surface area contributed by atoms with Crippen LogP contribution >= 0.6 is 6.19 Å². The van der Waals surface area contributed by atoms with Crippen LogP contribution in [0, 0.1) is 0 Å². The second kappa shape index (κ2) is 7.15. The van der Waals surface area contributed by atoms with Crippen molar-refractivity contribution in [1.82, 2.24) is 14.8 Å². The smallest absolute Gasteiger partial charge is 0.119 e. The molecule has 1 aromatic rings. The molecule has 0 saturated carbocycles. The van der Waals surface area contributed by atoms with E-state index >= 15 is 0 Å². The second-order valence-electron chi connectivity index (χ2n) is 4.16. The van der Waals surface area contributed by atoms with Crippen LogP contribution in [0.2, 0.25) is 0 Å². The van der Waals surface area contributed by atoms with Crippen LogP contribution in [0.25, 0.3) is 0 Å². The predicted octanol–water partition coefficient (Wildman–Crippen LogP) is 2.21. The van der Waals surface area contributed by atoms with Gasteiger partial charge >= 0.3 is 0 Å². The first kappa shape index (κ1) is 13.8. The number of aryl methyl sites for hydroxylation is 1. The highest BCUT2D eigenvalue weighted by Gasteiger charge is 2.09. The highest BCUT2D eigenvalue weighted by atomic mass is 32.4. The van der Waals surface area contributed by atoms with Gasteiger partial charge in [0.1, 0.15) is 12.7 Å². The molecule has 2 N–H and O–H groups in total. The molecule has 0 spiro atoms. The van der Waals surface area contributed by atoms with Gasteiger partial charge in [0.2, 0.25) is 0 Å². The lowest BCUT2D eigenvalue weighted by molar-refractivity contribution is 0.678. The normalized spacial score (nSPS) is 14.9. The van der Waals surface area contributed by atoms with Crippen LogP contribution in [0.5, 0.6) is 0 Å². The van der Waals surface area contributed by atoms with E-state index in [1.165, 1.54) is 19.3 Å². The van der Waals surface area contributed by atoms with Crippen molar-refractivity contribution in [1.29, 1.82) is 0 Å². The number of rotatable bonds is 8. The van der Waals surface area contributed by atoms with Crippen molar-refractivity contribution in [2.75, 3.05) is 12.3 Å². The van der Waals surface area contributed by atoms with Crippen LogP contribution < -0.4 is 5.50 Å². The minimum absolute atomic E-state index is 0.927. The summed E-state index contributed by atoms with van der Waals surface area (Å²) in [5.41, 5.74) is 6.18. The predicted molar refractivity (Wildman–Crippen MR) is 72.4 cm³/mol. The molecule has 0 bridgehead atoms. The van der Waals surface area contributed by atoms with Crippen molar-refractivity contribution in [2.24, 2.45) is 5.50 Å². The Labute approximate surface area is 103 Å². The summed E-state index contributed by atoms with van der Waals surface area (Å²) in [6.07, 6.45) is 8.66. The van der Waals surface area contributed by atoms with Gasteiger partial charge in [0.05, 0.1) is 0 Å². The van der Waals surface area contributed by atoms with Gasteiger partial charge < -0.3 is 10.1 Å². The Morgan fingerprint density at radius 1 is 1.19 bits per heavy atom. The van der Waals surface area contributed by atoms with E-state index in [1.54, 1.807) is 12.7 Å². The van der Waals surface area contributed by atoms with Gasteiger partial charge in [0.25, 0.3) is 0 Å². The van der Waals surface area contributed by atoms with Crippen LogP contribution in [-0.2, 0) is 18.4 Å². The molecule has 6 heteroatoms. The van der Waals surface area contributed by atoms with Gasteiger partial charge in [-0.2, -0.15) is 0 Å². The van der Waals surface area contributed by atoms with Gasteiger partial charge in [0, 0.05) is 12.7 Å². The molecule has 0 aliphatic heterocycles. The largest absolute Gasteiger partial charge is 0.320 e. The molecule has 1 unspecified atom stereocenters. The lowest BCUT2D eigenvalue weighted by Gasteiger charge is -2.16. The monoisotopic (exact) mass is 260 g/mol. The molecule has 0 saturated heterocycles. The molecule has 1 aromatic heterocycles. The quantitative estimate of drug-likeness (QED) is 0.575. The van der Waals surface area contributed by atoms with E-state index in [4.69, 9.17) is 17.3 Å². The zero-order valence-corrected chi connectivity index (χ0v) is 11.6. The molecule has 0 amide bonds. The summed E-state index contributed by atoms with van der Waals surface area (Å²) in [6, 6.07) is 0. The Hall–Kier alpha value is -0.250. The van der Waals surface area contributed by atoms with Gasteiger partial charge in [-0.25, -0.2) is 0 Å². The average molecular weight is 260 g/mol. The van der Waals surface area contributed by atoms with Crippen molar-refractivity contribution < 1.29 is 0 Å². The van der Waals surface area contributed by atoms with Crippen molar-refractivity contribution >= 4 is 18.0 Å². The van der Waals surface area contributed by atoms with E-state index in [-0.39, 0.29) is 0 Å². The lowest BCUT2D eigenvalue weighted by atomic mass is 10.3. The maximum absolute atomic E-state index is 6.18. The molecule has 0 aromatic carbocycles. The third kappa shape index (κ3) is 5.73. The Morgan fingerprint density at radius 3 is 2.44 bits per heavy atom. The maximum atomic E-state index is 6.18. The molecule has 1 rings (SSSR count). The fraction of sp³-hybridized carbons (Fsp3) is 0.800. The number of nitrogens with zero attached hydrogens (tertiary/aromatic N) is 3. The van der Waals surface area contributed by atoms with Crippen molar-refractivity contribution in [3.05, 3.63) is 12.7 Å². The first-order chi connectivity index (χ1) is 7.64. The SMILES string of the molecule is CCCCCP(N)(=S)CCCn1cnnc1. The van der Waals surface area contributed by atoms with Crippen LogP contribution in [-0.4, -0.2) is 27.1 Å². The van der Waals surface area contributed by atoms with Crippen molar-refractivity contribution in [3.63, 3.8) is 0 Å². The topological polar surface area (TPSA) is 56.7 Å². The highest BCUT2D eigenvalue weighted by molar-refractivity contribution is 8.13. The molecule has 0 radical (unpaired) electrons. The standard InChI is InChI=1S/C10H21N4PS/c1-2-3-4-7-15(11,16)8-5-6-14-9-12-13-10-14/h9-10H,2-8H2,1H3,(H2,11,16). The molecule has 0 aliphatic carbocycles. The van der Waals surface area contributed by atoms with Crippen molar-refractivity contribution in [2.45, 2.75) is 39.2 Å². The molecule has 4 nitrogen and oxygen atoms in total. The number of hydrogen-bond donors (Lipinski definition) is 1. The maximum Gasteiger partial charge on any atom is 0.119 e. The van der Waals surface area contributed by atoms with Gasteiger partial charge in [-0.15, -0.1) is 10.2 Å². The fourth-order valence-corrected chi connectivity index (χ4v) is 4.03. The van der Waals surface area contributed by atoms with E-state index in [9.17, 15) is 0 Å². The van der Waals surface area contributed by atoms with E-state index in [0.717, 1.165) is 25.3 Å². The highest BCUT2D eigenvalue weighted by Crippen LogP contribution is 2.38. The summed E-state index contributed by atoms with van der Waals surface area (Å²) in [6.45, 7) is 3.13. The molecule has 1 heterocycles. The first-order valence-corrected chi connectivity index (χ1v) is 9.07. The summed E-state index contributed by atoms with van der Waals surface area (Å²) >= 11 is 5.50. The zero-order valence-electron chi connectivity index (χ0n) is 9.88. The minimum Gasteiger partial charge on any atom is -0.320 e. The number of aromatic nitrogens is 3. The zero-order chi connectivity index (χ0) is 11.9. The third-order valence-electron chi connectivity index (χ3n) is 2.56. The molecule has 0 fully saturated rings. The summed E-state index contributed by atoms with van der Waals surface area (Å²) in [4.78, 5) is 0. The van der Waals surface area contributed by atoms with Gasteiger partial charge in [-0.05, 0) is 25.2 Å².